The molecule has 0 aliphatic carbocycles. The number of nitrogens with one attached hydrogen (secondary N) is 1. The molecule has 1 saturated heterocycles. The van der Waals surface area contributed by atoms with Crippen molar-refractivity contribution in [1.29, 1.82) is 0 Å². The van der Waals surface area contributed by atoms with Crippen molar-refractivity contribution in [1.82, 2.24) is 5.32 Å². The standard InChI is InChI=1S/C9H18N2O/c1-5(2)6-7(10)11-8(12)9(6,3)4/h5-7H,10H2,1-4H3,(H,11,12). The quantitative estimate of drug-likeness (QED) is 0.608. The van der Waals surface area contributed by atoms with Crippen LogP contribution in [0.3, 0.4) is 0 Å². The summed E-state index contributed by atoms with van der Waals surface area (Å²) in [6.07, 6.45) is -0.174. The van der Waals surface area contributed by atoms with Gasteiger partial charge in [0, 0.05) is 11.3 Å². The molecule has 0 aromatic heterocycles. The van der Waals surface area contributed by atoms with E-state index in [1.807, 2.05) is 13.8 Å². The molecular formula is C9H18N2O. The second kappa shape index (κ2) is 2.73. The Morgan fingerprint density at radius 3 is 2.17 bits per heavy atom. The first-order valence-corrected chi connectivity index (χ1v) is 4.44. The minimum Gasteiger partial charge on any atom is -0.340 e. The molecule has 0 aromatic rings. The van der Waals surface area contributed by atoms with Crippen LogP contribution in [-0.4, -0.2) is 12.1 Å². The molecule has 0 bridgehead atoms. The number of rotatable bonds is 1. The lowest BCUT2D eigenvalue weighted by Crippen LogP contribution is -2.40. The number of amides is 1. The molecule has 1 aliphatic rings. The summed E-state index contributed by atoms with van der Waals surface area (Å²) in [6.45, 7) is 8.12. The van der Waals surface area contributed by atoms with Crippen molar-refractivity contribution in [3.63, 3.8) is 0 Å². The van der Waals surface area contributed by atoms with Gasteiger partial charge in [-0.1, -0.05) is 27.7 Å². The van der Waals surface area contributed by atoms with Crippen LogP contribution < -0.4 is 11.1 Å². The fourth-order valence-electron chi connectivity index (χ4n) is 2.28. The summed E-state index contributed by atoms with van der Waals surface area (Å²) in [4.78, 5) is 11.4. The zero-order valence-corrected chi connectivity index (χ0v) is 8.22. The summed E-state index contributed by atoms with van der Waals surface area (Å²) in [5.74, 6) is 0.757. The predicted octanol–water partition coefficient (Wildman–Crippen LogP) is 0.699. The molecular weight excluding hydrogens is 152 g/mol. The monoisotopic (exact) mass is 170 g/mol. The number of hydrogen-bond acceptors (Lipinski definition) is 2. The molecule has 2 atom stereocenters. The van der Waals surface area contributed by atoms with Gasteiger partial charge in [-0.05, 0) is 5.92 Å². The van der Waals surface area contributed by atoms with Gasteiger partial charge in [0.05, 0.1) is 6.17 Å². The Labute approximate surface area is 73.7 Å². The molecule has 0 aromatic carbocycles. The minimum atomic E-state index is -0.312. The molecule has 0 spiro atoms. The van der Waals surface area contributed by atoms with E-state index in [0.717, 1.165) is 0 Å². The van der Waals surface area contributed by atoms with Gasteiger partial charge in [-0.2, -0.15) is 0 Å². The number of carbonyl (C=O) groups is 1. The Morgan fingerprint density at radius 2 is 2.00 bits per heavy atom. The summed E-state index contributed by atoms with van der Waals surface area (Å²) in [5, 5.41) is 2.78. The van der Waals surface area contributed by atoms with Gasteiger partial charge in [0.25, 0.3) is 0 Å². The fourth-order valence-corrected chi connectivity index (χ4v) is 2.28. The maximum absolute atomic E-state index is 11.4. The third-order valence-electron chi connectivity index (χ3n) is 2.82. The highest BCUT2D eigenvalue weighted by Gasteiger charge is 2.48. The van der Waals surface area contributed by atoms with E-state index in [9.17, 15) is 4.79 Å². The maximum atomic E-state index is 11.4. The lowest BCUT2D eigenvalue weighted by molar-refractivity contribution is -0.127. The third-order valence-corrected chi connectivity index (χ3v) is 2.82. The van der Waals surface area contributed by atoms with E-state index in [4.69, 9.17) is 5.73 Å². The summed E-state index contributed by atoms with van der Waals surface area (Å²) in [5.41, 5.74) is 5.50. The van der Waals surface area contributed by atoms with Crippen LogP contribution >= 0.6 is 0 Å². The summed E-state index contributed by atoms with van der Waals surface area (Å²) >= 11 is 0. The lowest BCUT2D eigenvalue weighted by Gasteiger charge is -2.28. The zero-order chi connectivity index (χ0) is 9.52. The molecule has 1 rings (SSSR count). The average Bonchev–Trinajstić information content (AvgIpc) is 2.02. The number of hydrogen-bond donors (Lipinski definition) is 2. The molecule has 1 fully saturated rings. The van der Waals surface area contributed by atoms with Crippen molar-refractivity contribution in [2.24, 2.45) is 23.0 Å². The Kier molecular flexibility index (Phi) is 2.17. The van der Waals surface area contributed by atoms with Crippen molar-refractivity contribution in [3.05, 3.63) is 0 Å². The predicted molar refractivity (Wildman–Crippen MR) is 48.2 cm³/mol. The molecule has 70 valence electrons. The molecule has 12 heavy (non-hydrogen) atoms. The van der Waals surface area contributed by atoms with E-state index < -0.39 is 0 Å². The van der Waals surface area contributed by atoms with Crippen LogP contribution in [0.1, 0.15) is 27.7 Å². The van der Waals surface area contributed by atoms with Crippen LogP contribution in [0.2, 0.25) is 0 Å². The first-order valence-electron chi connectivity index (χ1n) is 4.44. The van der Waals surface area contributed by atoms with Gasteiger partial charge in [0.1, 0.15) is 0 Å². The van der Waals surface area contributed by atoms with Gasteiger partial charge < -0.3 is 11.1 Å². The maximum Gasteiger partial charge on any atom is 0.227 e. The van der Waals surface area contributed by atoms with Crippen molar-refractivity contribution in [2.45, 2.75) is 33.9 Å². The lowest BCUT2D eigenvalue weighted by atomic mass is 9.74. The Morgan fingerprint density at radius 1 is 1.50 bits per heavy atom. The van der Waals surface area contributed by atoms with Gasteiger partial charge in [-0.25, -0.2) is 0 Å². The second-order valence-corrected chi connectivity index (χ2v) is 4.49. The van der Waals surface area contributed by atoms with Crippen LogP contribution in [-0.2, 0) is 4.79 Å². The van der Waals surface area contributed by atoms with Crippen molar-refractivity contribution in [3.8, 4) is 0 Å². The van der Waals surface area contributed by atoms with E-state index in [2.05, 4.69) is 19.2 Å². The van der Waals surface area contributed by atoms with Crippen molar-refractivity contribution < 1.29 is 4.79 Å². The molecule has 0 radical (unpaired) electrons. The molecule has 3 heteroatoms. The zero-order valence-electron chi connectivity index (χ0n) is 8.22. The van der Waals surface area contributed by atoms with Crippen LogP contribution in [0, 0.1) is 17.3 Å². The van der Waals surface area contributed by atoms with E-state index in [-0.39, 0.29) is 23.4 Å². The summed E-state index contributed by atoms with van der Waals surface area (Å²) < 4.78 is 0. The van der Waals surface area contributed by atoms with Crippen LogP contribution in [0.5, 0.6) is 0 Å². The first-order chi connectivity index (χ1) is 5.37. The summed E-state index contributed by atoms with van der Waals surface area (Å²) in [7, 11) is 0. The third kappa shape index (κ3) is 1.22. The highest BCUT2D eigenvalue weighted by atomic mass is 16.2. The topological polar surface area (TPSA) is 55.1 Å². The number of nitrogens with two attached hydrogens (primary N) is 1. The minimum absolute atomic E-state index is 0.0775. The first kappa shape index (κ1) is 9.52. The van der Waals surface area contributed by atoms with Crippen LogP contribution in [0.4, 0.5) is 0 Å². The Hall–Kier alpha value is -0.570. The molecule has 1 aliphatic heterocycles. The highest BCUT2D eigenvalue weighted by molar-refractivity contribution is 5.84. The molecule has 0 saturated carbocycles. The molecule has 3 N–H and O–H groups in total. The van der Waals surface area contributed by atoms with Gasteiger partial charge in [-0.3, -0.25) is 4.79 Å². The second-order valence-electron chi connectivity index (χ2n) is 4.49. The fraction of sp³-hybridized carbons (Fsp3) is 0.889. The average molecular weight is 170 g/mol. The van der Waals surface area contributed by atoms with E-state index >= 15 is 0 Å². The molecule has 3 nitrogen and oxygen atoms in total. The molecule has 2 unspecified atom stereocenters. The number of carbonyl (C=O) groups excluding carboxylic acids is 1. The van der Waals surface area contributed by atoms with Gasteiger partial charge in [-0.15, -0.1) is 0 Å². The summed E-state index contributed by atoms with van der Waals surface area (Å²) in [6, 6.07) is 0. The van der Waals surface area contributed by atoms with Gasteiger partial charge in [0.15, 0.2) is 0 Å². The van der Waals surface area contributed by atoms with E-state index in [0.29, 0.717) is 5.92 Å². The van der Waals surface area contributed by atoms with Crippen LogP contribution in [0.15, 0.2) is 0 Å². The normalized spacial score (nSPS) is 34.0. The van der Waals surface area contributed by atoms with Crippen LogP contribution in [0.25, 0.3) is 0 Å². The Balaban J connectivity index is 2.91. The van der Waals surface area contributed by atoms with Gasteiger partial charge in [0.2, 0.25) is 5.91 Å². The Bertz CT molecular complexity index is 199. The SMILES string of the molecule is CC(C)C1C(N)NC(=O)C1(C)C. The molecule has 1 heterocycles. The van der Waals surface area contributed by atoms with E-state index in [1.54, 1.807) is 0 Å². The molecule has 1 amide bonds. The smallest absolute Gasteiger partial charge is 0.227 e. The van der Waals surface area contributed by atoms with Gasteiger partial charge >= 0.3 is 0 Å². The van der Waals surface area contributed by atoms with E-state index in [1.165, 1.54) is 0 Å². The largest absolute Gasteiger partial charge is 0.340 e. The van der Waals surface area contributed by atoms with Crippen molar-refractivity contribution in [2.75, 3.05) is 0 Å². The highest BCUT2D eigenvalue weighted by Crippen LogP contribution is 2.38. The van der Waals surface area contributed by atoms with Crippen molar-refractivity contribution >= 4 is 5.91 Å².